The van der Waals surface area contributed by atoms with E-state index in [-0.39, 0.29) is 5.84 Å². The molecule has 2 rings (SSSR count). The molecule has 1 fully saturated rings. The van der Waals surface area contributed by atoms with Gasteiger partial charge in [-0.25, -0.2) is 4.98 Å². The van der Waals surface area contributed by atoms with Crippen LogP contribution in [-0.2, 0) is 0 Å². The minimum atomic E-state index is 0.103. The first kappa shape index (κ1) is 11.9. The molecular formula is C13H20N4. The van der Waals surface area contributed by atoms with Gasteiger partial charge in [-0.1, -0.05) is 6.42 Å². The zero-order valence-electron chi connectivity index (χ0n) is 10.5. The quantitative estimate of drug-likeness (QED) is 0.615. The second-order valence-corrected chi connectivity index (χ2v) is 4.92. The predicted octanol–water partition coefficient (Wildman–Crippen LogP) is 1.91. The van der Waals surface area contributed by atoms with Gasteiger partial charge in [-0.3, -0.25) is 5.41 Å². The number of pyridine rings is 1. The highest BCUT2D eigenvalue weighted by atomic mass is 15.2. The summed E-state index contributed by atoms with van der Waals surface area (Å²) in [4.78, 5) is 6.51. The van der Waals surface area contributed by atoms with Gasteiger partial charge in [0.05, 0.1) is 5.56 Å². The maximum atomic E-state index is 7.66. The molecule has 0 saturated heterocycles. The van der Waals surface area contributed by atoms with E-state index in [1.807, 2.05) is 20.0 Å². The standard InChI is InChI=1S/C13H20N4/c1-9-6-7-16-13(11(9)12(14)15)17(2)8-10-4-3-5-10/h6-7,10H,3-5,8H2,1-2H3,(H3,14,15). The Morgan fingerprint density at radius 1 is 1.59 bits per heavy atom. The van der Waals surface area contributed by atoms with Crippen molar-refractivity contribution in [1.82, 2.24) is 4.98 Å². The number of hydrogen-bond donors (Lipinski definition) is 2. The normalized spacial score (nSPS) is 15.4. The number of nitrogens with zero attached hydrogens (tertiary/aromatic N) is 2. The average molecular weight is 232 g/mol. The second kappa shape index (κ2) is 4.73. The number of aryl methyl sites for hydroxylation is 1. The monoisotopic (exact) mass is 232 g/mol. The van der Waals surface area contributed by atoms with Crippen LogP contribution in [0, 0.1) is 18.3 Å². The third-order valence-electron chi connectivity index (χ3n) is 3.53. The van der Waals surface area contributed by atoms with E-state index in [1.165, 1.54) is 19.3 Å². The highest BCUT2D eigenvalue weighted by Crippen LogP contribution is 2.29. The number of anilines is 1. The van der Waals surface area contributed by atoms with Gasteiger partial charge >= 0.3 is 0 Å². The van der Waals surface area contributed by atoms with Crippen molar-refractivity contribution < 1.29 is 0 Å². The molecule has 3 N–H and O–H groups in total. The SMILES string of the molecule is Cc1ccnc(N(C)CC2CCC2)c1C(=N)N. The molecule has 1 heterocycles. The Morgan fingerprint density at radius 3 is 2.82 bits per heavy atom. The van der Waals surface area contributed by atoms with Crippen LogP contribution in [0.2, 0.25) is 0 Å². The molecule has 92 valence electrons. The van der Waals surface area contributed by atoms with Crippen LogP contribution in [-0.4, -0.2) is 24.4 Å². The maximum Gasteiger partial charge on any atom is 0.139 e. The lowest BCUT2D eigenvalue weighted by atomic mass is 9.85. The van der Waals surface area contributed by atoms with Crippen LogP contribution >= 0.6 is 0 Å². The first-order valence-corrected chi connectivity index (χ1v) is 6.10. The molecule has 0 spiro atoms. The van der Waals surface area contributed by atoms with E-state index in [0.29, 0.717) is 0 Å². The van der Waals surface area contributed by atoms with Crippen molar-refractivity contribution in [2.45, 2.75) is 26.2 Å². The molecule has 0 amide bonds. The van der Waals surface area contributed by atoms with Crippen LogP contribution in [0.15, 0.2) is 12.3 Å². The molecule has 1 aromatic heterocycles. The van der Waals surface area contributed by atoms with Crippen molar-refractivity contribution in [1.29, 1.82) is 5.41 Å². The van der Waals surface area contributed by atoms with Crippen molar-refractivity contribution in [3.05, 3.63) is 23.4 Å². The van der Waals surface area contributed by atoms with E-state index in [0.717, 1.165) is 29.4 Å². The molecule has 4 heteroatoms. The smallest absolute Gasteiger partial charge is 0.139 e. The Labute approximate surface area is 102 Å². The second-order valence-electron chi connectivity index (χ2n) is 4.92. The van der Waals surface area contributed by atoms with Crippen molar-refractivity contribution in [2.75, 3.05) is 18.5 Å². The molecular weight excluding hydrogens is 212 g/mol. The highest BCUT2D eigenvalue weighted by molar-refractivity contribution is 6.00. The summed E-state index contributed by atoms with van der Waals surface area (Å²) in [5.41, 5.74) is 7.44. The number of nitrogen functional groups attached to an aromatic ring is 1. The van der Waals surface area contributed by atoms with E-state index in [4.69, 9.17) is 11.1 Å². The predicted molar refractivity (Wildman–Crippen MR) is 70.6 cm³/mol. The average Bonchev–Trinajstić information content (AvgIpc) is 2.22. The number of hydrogen-bond acceptors (Lipinski definition) is 3. The van der Waals surface area contributed by atoms with Crippen LogP contribution in [0.3, 0.4) is 0 Å². The van der Waals surface area contributed by atoms with E-state index in [9.17, 15) is 0 Å². The van der Waals surface area contributed by atoms with Gasteiger partial charge in [0.2, 0.25) is 0 Å². The van der Waals surface area contributed by atoms with Gasteiger partial charge in [0.25, 0.3) is 0 Å². The van der Waals surface area contributed by atoms with Crippen molar-refractivity contribution >= 4 is 11.7 Å². The third kappa shape index (κ3) is 2.40. The zero-order chi connectivity index (χ0) is 12.4. The van der Waals surface area contributed by atoms with Crippen molar-refractivity contribution in [2.24, 2.45) is 11.7 Å². The van der Waals surface area contributed by atoms with Gasteiger partial charge in [-0.2, -0.15) is 0 Å². The number of amidine groups is 1. The number of rotatable bonds is 4. The van der Waals surface area contributed by atoms with Gasteiger partial charge in [0, 0.05) is 19.8 Å². The molecule has 0 aliphatic heterocycles. The number of nitrogens with two attached hydrogens (primary N) is 1. The van der Waals surface area contributed by atoms with Gasteiger partial charge in [-0.15, -0.1) is 0 Å². The number of aromatic nitrogens is 1. The minimum absolute atomic E-state index is 0.103. The highest BCUT2D eigenvalue weighted by Gasteiger charge is 2.21. The van der Waals surface area contributed by atoms with Crippen molar-refractivity contribution in [3.8, 4) is 0 Å². The van der Waals surface area contributed by atoms with Crippen LogP contribution in [0.1, 0.15) is 30.4 Å². The molecule has 17 heavy (non-hydrogen) atoms. The lowest BCUT2D eigenvalue weighted by Crippen LogP contribution is -2.32. The topological polar surface area (TPSA) is 66.0 Å². The van der Waals surface area contributed by atoms with E-state index < -0.39 is 0 Å². The summed E-state index contributed by atoms with van der Waals surface area (Å²) in [7, 11) is 2.03. The van der Waals surface area contributed by atoms with Gasteiger partial charge in [0.15, 0.2) is 0 Å². The molecule has 0 aromatic carbocycles. The number of nitrogens with one attached hydrogen (secondary N) is 1. The van der Waals surface area contributed by atoms with Crippen LogP contribution in [0.25, 0.3) is 0 Å². The fourth-order valence-electron chi connectivity index (χ4n) is 2.32. The Hall–Kier alpha value is -1.58. The Kier molecular flexibility index (Phi) is 3.31. The fourth-order valence-corrected chi connectivity index (χ4v) is 2.32. The molecule has 0 radical (unpaired) electrons. The van der Waals surface area contributed by atoms with E-state index in [2.05, 4.69) is 9.88 Å². The van der Waals surface area contributed by atoms with Gasteiger partial charge in [0.1, 0.15) is 11.7 Å². The zero-order valence-corrected chi connectivity index (χ0v) is 10.5. The van der Waals surface area contributed by atoms with E-state index in [1.54, 1.807) is 6.20 Å². The Balaban J connectivity index is 2.23. The summed E-state index contributed by atoms with van der Waals surface area (Å²) >= 11 is 0. The fraction of sp³-hybridized carbons (Fsp3) is 0.538. The van der Waals surface area contributed by atoms with Crippen molar-refractivity contribution in [3.63, 3.8) is 0 Å². The summed E-state index contributed by atoms with van der Waals surface area (Å²) < 4.78 is 0. The molecule has 1 aliphatic rings. The molecule has 0 bridgehead atoms. The third-order valence-corrected chi connectivity index (χ3v) is 3.53. The first-order chi connectivity index (χ1) is 8.09. The van der Waals surface area contributed by atoms with Crippen LogP contribution in [0.4, 0.5) is 5.82 Å². The van der Waals surface area contributed by atoms with Crippen LogP contribution < -0.4 is 10.6 Å². The first-order valence-electron chi connectivity index (χ1n) is 6.10. The summed E-state index contributed by atoms with van der Waals surface area (Å²) in [6, 6.07) is 1.90. The van der Waals surface area contributed by atoms with Gasteiger partial charge < -0.3 is 10.6 Å². The molecule has 0 atom stereocenters. The minimum Gasteiger partial charge on any atom is -0.384 e. The Morgan fingerprint density at radius 2 is 2.29 bits per heavy atom. The Bertz CT molecular complexity index is 423. The molecule has 0 unspecified atom stereocenters. The molecule has 1 aromatic rings. The maximum absolute atomic E-state index is 7.66. The summed E-state index contributed by atoms with van der Waals surface area (Å²) in [5, 5.41) is 7.66. The summed E-state index contributed by atoms with van der Waals surface area (Å²) in [5.74, 6) is 1.72. The lowest BCUT2D eigenvalue weighted by molar-refractivity contribution is 0.321. The summed E-state index contributed by atoms with van der Waals surface area (Å²) in [6.45, 7) is 2.98. The van der Waals surface area contributed by atoms with Crippen LogP contribution in [0.5, 0.6) is 0 Å². The van der Waals surface area contributed by atoms with Gasteiger partial charge in [-0.05, 0) is 37.3 Å². The van der Waals surface area contributed by atoms with E-state index >= 15 is 0 Å². The largest absolute Gasteiger partial charge is 0.384 e. The lowest BCUT2D eigenvalue weighted by Gasteiger charge is -2.31. The molecule has 4 nitrogen and oxygen atoms in total. The molecule has 1 aliphatic carbocycles. The molecule has 1 saturated carbocycles. The summed E-state index contributed by atoms with van der Waals surface area (Å²) in [6.07, 6.45) is 5.75.